The van der Waals surface area contributed by atoms with Crippen LogP contribution in [0.5, 0.6) is 0 Å². The van der Waals surface area contributed by atoms with Crippen molar-refractivity contribution in [2.75, 3.05) is 5.32 Å². The fraction of sp³-hybridized carbons (Fsp3) is 0.125. The van der Waals surface area contributed by atoms with Crippen LogP contribution in [-0.2, 0) is 7.05 Å². The van der Waals surface area contributed by atoms with Crippen molar-refractivity contribution in [3.05, 3.63) is 65.9 Å². The maximum atomic E-state index is 13.3. The van der Waals surface area contributed by atoms with Gasteiger partial charge in [0.1, 0.15) is 17.2 Å². The maximum absolute atomic E-state index is 13.3. The molecule has 3 rings (SSSR count). The van der Waals surface area contributed by atoms with Crippen molar-refractivity contribution < 1.29 is 9.18 Å². The van der Waals surface area contributed by atoms with Gasteiger partial charge in [-0.2, -0.15) is 5.10 Å². The minimum absolute atomic E-state index is 0.328. The van der Waals surface area contributed by atoms with E-state index in [9.17, 15) is 9.18 Å². The number of nitrogens with one attached hydrogen (secondary N) is 1. The Balaban J connectivity index is 1.95. The molecule has 0 spiro atoms. The summed E-state index contributed by atoms with van der Waals surface area (Å²) in [6.07, 6.45) is 5.17. The van der Waals surface area contributed by atoms with Crippen molar-refractivity contribution in [1.29, 1.82) is 0 Å². The minimum Gasteiger partial charge on any atom is -0.321 e. The number of aryl methyl sites for hydroxylation is 2. The number of hydrogen-bond donors (Lipinski definition) is 1. The van der Waals surface area contributed by atoms with Gasteiger partial charge in [-0.3, -0.25) is 9.48 Å². The van der Waals surface area contributed by atoms with Crippen LogP contribution in [0.25, 0.3) is 5.82 Å². The molecule has 0 atom stereocenters. The molecular formula is C16H15FN4O. The fourth-order valence-electron chi connectivity index (χ4n) is 2.29. The van der Waals surface area contributed by atoms with E-state index in [0.717, 1.165) is 5.56 Å². The molecule has 0 radical (unpaired) electrons. The van der Waals surface area contributed by atoms with Crippen LogP contribution in [0.1, 0.15) is 15.9 Å². The first-order valence-corrected chi connectivity index (χ1v) is 6.79. The molecule has 5 nitrogen and oxygen atoms in total. The van der Waals surface area contributed by atoms with Crippen LogP contribution >= 0.6 is 0 Å². The Morgan fingerprint density at radius 3 is 2.73 bits per heavy atom. The second-order valence-corrected chi connectivity index (χ2v) is 5.01. The van der Waals surface area contributed by atoms with Crippen LogP contribution < -0.4 is 5.32 Å². The molecule has 3 aromatic rings. The monoisotopic (exact) mass is 298 g/mol. The Morgan fingerprint density at radius 1 is 1.27 bits per heavy atom. The standard InChI is InChI=1S/C16H15FN4O/c1-11-5-6-12(17)9-14(11)19-15(22)13-10-18-20(2)16(13)21-7-3-4-8-21/h3-10H,1-2H3,(H,19,22). The number of amides is 1. The molecule has 0 aliphatic carbocycles. The predicted molar refractivity (Wildman–Crippen MR) is 81.6 cm³/mol. The average molecular weight is 298 g/mol. The summed E-state index contributed by atoms with van der Waals surface area (Å²) in [5, 5.41) is 6.87. The van der Waals surface area contributed by atoms with Gasteiger partial charge in [-0.1, -0.05) is 6.07 Å². The Labute approximate surface area is 127 Å². The summed E-state index contributed by atoms with van der Waals surface area (Å²) in [6.45, 7) is 1.81. The Kier molecular flexibility index (Phi) is 3.50. The minimum atomic E-state index is -0.391. The van der Waals surface area contributed by atoms with Crippen LogP contribution in [0.4, 0.5) is 10.1 Å². The van der Waals surface area contributed by atoms with Crippen LogP contribution in [0.2, 0.25) is 0 Å². The molecule has 0 saturated heterocycles. The second kappa shape index (κ2) is 5.48. The van der Waals surface area contributed by atoms with E-state index in [-0.39, 0.29) is 5.91 Å². The molecule has 0 unspecified atom stereocenters. The zero-order valence-corrected chi connectivity index (χ0v) is 12.2. The summed E-state index contributed by atoms with van der Waals surface area (Å²) < 4.78 is 16.8. The first-order chi connectivity index (χ1) is 10.6. The lowest BCUT2D eigenvalue weighted by Crippen LogP contribution is -2.15. The van der Waals surface area contributed by atoms with Crippen LogP contribution in [0.3, 0.4) is 0 Å². The van der Waals surface area contributed by atoms with Gasteiger partial charge in [-0.25, -0.2) is 4.39 Å². The van der Waals surface area contributed by atoms with Gasteiger partial charge in [0.25, 0.3) is 5.91 Å². The predicted octanol–water partition coefficient (Wildman–Crippen LogP) is 2.91. The molecule has 0 aliphatic rings. The fourth-order valence-corrected chi connectivity index (χ4v) is 2.29. The molecule has 2 aromatic heterocycles. The number of carbonyl (C=O) groups is 1. The molecule has 0 saturated carbocycles. The van der Waals surface area contributed by atoms with Crippen molar-refractivity contribution in [1.82, 2.24) is 14.3 Å². The molecule has 0 aliphatic heterocycles. The van der Waals surface area contributed by atoms with Crippen molar-refractivity contribution in [3.63, 3.8) is 0 Å². The van der Waals surface area contributed by atoms with Crippen molar-refractivity contribution in [3.8, 4) is 5.82 Å². The highest BCUT2D eigenvalue weighted by Crippen LogP contribution is 2.19. The molecular weight excluding hydrogens is 283 g/mol. The van der Waals surface area contributed by atoms with Crippen molar-refractivity contribution >= 4 is 11.6 Å². The molecule has 6 heteroatoms. The quantitative estimate of drug-likeness (QED) is 0.808. The smallest absolute Gasteiger partial charge is 0.261 e. The maximum Gasteiger partial charge on any atom is 0.261 e. The van der Waals surface area contributed by atoms with E-state index in [2.05, 4.69) is 10.4 Å². The van der Waals surface area contributed by atoms with Gasteiger partial charge < -0.3 is 9.88 Å². The van der Waals surface area contributed by atoms with E-state index in [1.807, 2.05) is 31.5 Å². The third-order valence-corrected chi connectivity index (χ3v) is 3.45. The third-order valence-electron chi connectivity index (χ3n) is 3.45. The number of benzene rings is 1. The van der Waals surface area contributed by atoms with E-state index in [1.165, 1.54) is 18.3 Å². The molecule has 0 fully saturated rings. The molecule has 112 valence electrons. The number of carbonyl (C=O) groups excluding carboxylic acids is 1. The normalized spacial score (nSPS) is 10.7. The highest BCUT2D eigenvalue weighted by Gasteiger charge is 2.18. The zero-order chi connectivity index (χ0) is 15.7. The van der Waals surface area contributed by atoms with E-state index < -0.39 is 5.82 Å². The number of hydrogen-bond acceptors (Lipinski definition) is 2. The second-order valence-electron chi connectivity index (χ2n) is 5.01. The summed E-state index contributed by atoms with van der Waals surface area (Å²) in [5.74, 6) is -0.0697. The lowest BCUT2D eigenvalue weighted by molar-refractivity contribution is 0.102. The van der Waals surface area contributed by atoms with E-state index in [1.54, 1.807) is 22.4 Å². The third kappa shape index (κ3) is 2.50. The SMILES string of the molecule is Cc1ccc(F)cc1NC(=O)c1cnn(C)c1-n1cccc1. The molecule has 1 N–H and O–H groups in total. The Morgan fingerprint density at radius 2 is 2.00 bits per heavy atom. The zero-order valence-electron chi connectivity index (χ0n) is 12.2. The molecule has 0 bridgehead atoms. The summed E-state index contributed by atoms with van der Waals surface area (Å²) >= 11 is 0. The number of anilines is 1. The largest absolute Gasteiger partial charge is 0.321 e. The highest BCUT2D eigenvalue weighted by molar-refractivity contribution is 6.06. The summed E-state index contributed by atoms with van der Waals surface area (Å²) in [6, 6.07) is 8.02. The first kappa shape index (κ1) is 14.1. The van der Waals surface area contributed by atoms with Crippen LogP contribution in [0.15, 0.2) is 48.9 Å². The molecule has 2 heterocycles. The molecule has 1 amide bonds. The van der Waals surface area contributed by atoms with Gasteiger partial charge >= 0.3 is 0 Å². The number of aromatic nitrogens is 3. The summed E-state index contributed by atoms with van der Waals surface area (Å²) in [5.41, 5.74) is 1.66. The summed E-state index contributed by atoms with van der Waals surface area (Å²) in [4.78, 5) is 12.5. The number of halogens is 1. The lowest BCUT2D eigenvalue weighted by atomic mass is 10.2. The topological polar surface area (TPSA) is 51.9 Å². The highest BCUT2D eigenvalue weighted by atomic mass is 19.1. The Bertz CT molecular complexity index is 821. The van der Waals surface area contributed by atoms with Gasteiger partial charge in [0.2, 0.25) is 0 Å². The molecule has 22 heavy (non-hydrogen) atoms. The van der Waals surface area contributed by atoms with Crippen LogP contribution in [-0.4, -0.2) is 20.3 Å². The van der Waals surface area contributed by atoms with E-state index >= 15 is 0 Å². The van der Waals surface area contributed by atoms with Gasteiger partial charge in [-0.15, -0.1) is 0 Å². The first-order valence-electron chi connectivity index (χ1n) is 6.79. The van der Waals surface area contributed by atoms with Gasteiger partial charge in [-0.05, 0) is 36.8 Å². The van der Waals surface area contributed by atoms with E-state index in [4.69, 9.17) is 0 Å². The van der Waals surface area contributed by atoms with Crippen LogP contribution in [0, 0.1) is 12.7 Å². The number of rotatable bonds is 3. The van der Waals surface area contributed by atoms with E-state index in [0.29, 0.717) is 17.1 Å². The lowest BCUT2D eigenvalue weighted by Gasteiger charge is -2.10. The van der Waals surface area contributed by atoms with Gasteiger partial charge in [0, 0.05) is 25.1 Å². The summed E-state index contributed by atoms with van der Waals surface area (Å²) in [7, 11) is 1.76. The number of nitrogens with zero attached hydrogens (tertiary/aromatic N) is 3. The van der Waals surface area contributed by atoms with Crippen molar-refractivity contribution in [2.45, 2.75) is 6.92 Å². The van der Waals surface area contributed by atoms with Gasteiger partial charge in [0.05, 0.1) is 6.20 Å². The van der Waals surface area contributed by atoms with Crippen molar-refractivity contribution in [2.24, 2.45) is 7.05 Å². The molecule has 1 aromatic carbocycles. The average Bonchev–Trinajstić information content (AvgIpc) is 3.11. The van der Waals surface area contributed by atoms with Gasteiger partial charge in [0.15, 0.2) is 0 Å². The Hall–Kier alpha value is -2.89.